The first-order valence-electron chi connectivity index (χ1n) is 5.72. The first-order valence-corrected chi connectivity index (χ1v) is 5.72. The Morgan fingerprint density at radius 1 is 1.50 bits per heavy atom. The fourth-order valence-electron chi connectivity index (χ4n) is 1.49. The molecule has 2 aromatic rings. The van der Waals surface area contributed by atoms with Crippen LogP contribution >= 0.6 is 0 Å². The van der Waals surface area contributed by atoms with Crippen LogP contribution in [0, 0.1) is 0 Å². The van der Waals surface area contributed by atoms with Crippen molar-refractivity contribution in [3.8, 4) is 5.75 Å². The molecular formula is C12H15N3O3. The quantitative estimate of drug-likeness (QED) is 0.785. The van der Waals surface area contributed by atoms with E-state index in [1.807, 2.05) is 0 Å². The number of benzene rings is 1. The number of hydrogen-bond donors (Lipinski definition) is 2. The second-order valence-corrected chi connectivity index (χ2v) is 3.72. The van der Waals surface area contributed by atoms with Crippen molar-refractivity contribution < 1.29 is 13.9 Å². The maximum Gasteiger partial charge on any atom is 0.223 e. The van der Waals surface area contributed by atoms with Crippen LogP contribution in [0.5, 0.6) is 5.75 Å². The predicted octanol–water partition coefficient (Wildman–Crippen LogP) is 0.672. The van der Waals surface area contributed by atoms with Crippen LogP contribution in [-0.2, 0) is 4.79 Å². The molecule has 96 valence electrons. The van der Waals surface area contributed by atoms with Gasteiger partial charge >= 0.3 is 0 Å². The van der Waals surface area contributed by atoms with Crippen LogP contribution in [0.4, 0.5) is 0 Å². The van der Waals surface area contributed by atoms with Gasteiger partial charge in [0.2, 0.25) is 5.91 Å². The number of fused-ring (bicyclic) bond motifs is 1. The molecule has 1 aromatic heterocycles. The van der Waals surface area contributed by atoms with Crippen LogP contribution in [0.25, 0.3) is 11.1 Å². The van der Waals surface area contributed by atoms with Gasteiger partial charge in [0.1, 0.15) is 11.3 Å². The summed E-state index contributed by atoms with van der Waals surface area (Å²) in [6.45, 7) is 1.25. The average Bonchev–Trinajstić information content (AvgIpc) is 2.83. The van der Waals surface area contributed by atoms with Gasteiger partial charge in [0.05, 0.1) is 13.0 Å². The molecule has 0 unspecified atom stereocenters. The Morgan fingerprint density at radius 2 is 2.39 bits per heavy atom. The number of amides is 1. The molecule has 1 heterocycles. The lowest BCUT2D eigenvalue weighted by Gasteiger charge is -2.06. The molecule has 2 rings (SSSR count). The molecule has 6 heteroatoms. The maximum absolute atomic E-state index is 11.3. The first-order chi connectivity index (χ1) is 8.79. The number of oxazole rings is 1. The van der Waals surface area contributed by atoms with Gasteiger partial charge in [-0.15, -0.1) is 0 Å². The summed E-state index contributed by atoms with van der Waals surface area (Å²) in [7, 11) is 0. The summed E-state index contributed by atoms with van der Waals surface area (Å²) in [5.41, 5.74) is 6.72. The number of carbonyl (C=O) groups excluding carboxylic acids is 1. The standard InChI is InChI=1S/C12H15N3O3/c13-4-5-14-12(16)3-6-17-9-1-2-11-10(7-9)15-8-18-11/h1-2,7-8H,3-6,13H2,(H,14,16). The van der Waals surface area contributed by atoms with Gasteiger partial charge in [-0.05, 0) is 12.1 Å². The van der Waals surface area contributed by atoms with Crippen molar-refractivity contribution in [1.82, 2.24) is 10.3 Å². The molecule has 0 saturated carbocycles. The highest BCUT2D eigenvalue weighted by Crippen LogP contribution is 2.19. The van der Waals surface area contributed by atoms with Gasteiger partial charge in [-0.3, -0.25) is 4.79 Å². The number of nitrogens with one attached hydrogen (secondary N) is 1. The van der Waals surface area contributed by atoms with Crippen molar-refractivity contribution in [3.05, 3.63) is 24.6 Å². The molecule has 0 aliphatic heterocycles. The molecule has 0 aliphatic rings. The van der Waals surface area contributed by atoms with Crippen molar-refractivity contribution in [2.24, 2.45) is 5.73 Å². The Morgan fingerprint density at radius 3 is 3.22 bits per heavy atom. The number of aromatic nitrogens is 1. The molecule has 0 bridgehead atoms. The second kappa shape index (κ2) is 6.02. The monoisotopic (exact) mass is 249 g/mol. The summed E-state index contributed by atoms with van der Waals surface area (Å²) in [6, 6.07) is 5.34. The van der Waals surface area contributed by atoms with Crippen molar-refractivity contribution in [1.29, 1.82) is 0 Å². The molecule has 0 aliphatic carbocycles. The van der Waals surface area contributed by atoms with E-state index in [4.69, 9.17) is 14.9 Å². The van der Waals surface area contributed by atoms with Gasteiger partial charge in [-0.2, -0.15) is 0 Å². The third-order valence-electron chi connectivity index (χ3n) is 2.37. The predicted molar refractivity (Wildman–Crippen MR) is 66.2 cm³/mol. The van der Waals surface area contributed by atoms with Crippen LogP contribution < -0.4 is 15.8 Å². The minimum Gasteiger partial charge on any atom is -0.493 e. The van der Waals surface area contributed by atoms with Gasteiger partial charge < -0.3 is 20.2 Å². The normalized spacial score (nSPS) is 10.5. The third kappa shape index (κ3) is 3.21. The molecular weight excluding hydrogens is 234 g/mol. The smallest absolute Gasteiger partial charge is 0.223 e. The van der Waals surface area contributed by atoms with Crippen LogP contribution in [-0.4, -0.2) is 30.6 Å². The molecule has 0 spiro atoms. The van der Waals surface area contributed by atoms with Gasteiger partial charge in [0.15, 0.2) is 12.0 Å². The number of nitrogens with two attached hydrogens (primary N) is 1. The van der Waals surface area contributed by atoms with E-state index >= 15 is 0 Å². The highest BCUT2D eigenvalue weighted by atomic mass is 16.5. The number of carbonyl (C=O) groups is 1. The van der Waals surface area contributed by atoms with Crippen molar-refractivity contribution in [2.45, 2.75) is 6.42 Å². The molecule has 0 atom stereocenters. The van der Waals surface area contributed by atoms with Crippen LogP contribution in [0.3, 0.4) is 0 Å². The Balaban J connectivity index is 1.81. The maximum atomic E-state index is 11.3. The summed E-state index contributed by atoms with van der Waals surface area (Å²) in [4.78, 5) is 15.3. The van der Waals surface area contributed by atoms with Gasteiger partial charge in [0.25, 0.3) is 0 Å². The highest BCUT2D eigenvalue weighted by molar-refractivity contribution is 5.76. The summed E-state index contributed by atoms with van der Waals surface area (Å²) in [5, 5.41) is 2.67. The SMILES string of the molecule is NCCNC(=O)CCOc1ccc2ocnc2c1. The van der Waals surface area contributed by atoms with E-state index in [-0.39, 0.29) is 5.91 Å². The topological polar surface area (TPSA) is 90.4 Å². The number of hydrogen-bond acceptors (Lipinski definition) is 5. The fraction of sp³-hybridized carbons (Fsp3) is 0.333. The van der Waals surface area contributed by atoms with E-state index < -0.39 is 0 Å². The first kappa shape index (κ1) is 12.4. The summed E-state index contributed by atoms with van der Waals surface area (Å²) < 4.78 is 10.6. The zero-order valence-electron chi connectivity index (χ0n) is 9.89. The number of nitrogens with zero attached hydrogens (tertiary/aromatic N) is 1. The minimum atomic E-state index is -0.0667. The van der Waals surface area contributed by atoms with Gasteiger partial charge in [-0.25, -0.2) is 4.98 Å². The summed E-state index contributed by atoms with van der Waals surface area (Å²) in [6.07, 6.45) is 1.69. The Bertz CT molecular complexity index is 524. The van der Waals surface area contributed by atoms with E-state index in [9.17, 15) is 4.79 Å². The molecule has 1 amide bonds. The summed E-state index contributed by atoms with van der Waals surface area (Å²) >= 11 is 0. The Hall–Kier alpha value is -2.08. The average molecular weight is 249 g/mol. The Kier molecular flexibility index (Phi) is 4.14. The lowest BCUT2D eigenvalue weighted by atomic mass is 10.3. The van der Waals surface area contributed by atoms with E-state index in [1.165, 1.54) is 6.39 Å². The van der Waals surface area contributed by atoms with Crippen molar-refractivity contribution in [3.63, 3.8) is 0 Å². The zero-order valence-corrected chi connectivity index (χ0v) is 9.89. The van der Waals surface area contributed by atoms with Crippen molar-refractivity contribution in [2.75, 3.05) is 19.7 Å². The van der Waals surface area contributed by atoms with Gasteiger partial charge in [0, 0.05) is 19.2 Å². The van der Waals surface area contributed by atoms with Crippen molar-refractivity contribution >= 4 is 17.0 Å². The lowest BCUT2D eigenvalue weighted by molar-refractivity contribution is -0.121. The fourth-order valence-corrected chi connectivity index (χ4v) is 1.49. The Labute approximate surface area is 104 Å². The van der Waals surface area contributed by atoms with Crippen LogP contribution in [0.2, 0.25) is 0 Å². The van der Waals surface area contributed by atoms with E-state index in [0.29, 0.717) is 37.4 Å². The molecule has 18 heavy (non-hydrogen) atoms. The molecule has 0 saturated heterocycles. The lowest BCUT2D eigenvalue weighted by Crippen LogP contribution is -2.29. The summed E-state index contributed by atoms with van der Waals surface area (Å²) in [5.74, 6) is 0.603. The number of ether oxygens (including phenoxy) is 1. The molecule has 1 aromatic carbocycles. The third-order valence-corrected chi connectivity index (χ3v) is 2.37. The van der Waals surface area contributed by atoms with Gasteiger partial charge in [-0.1, -0.05) is 0 Å². The second-order valence-electron chi connectivity index (χ2n) is 3.72. The van der Waals surface area contributed by atoms with E-state index in [0.717, 1.165) is 5.52 Å². The molecule has 3 N–H and O–H groups in total. The molecule has 0 radical (unpaired) electrons. The van der Waals surface area contributed by atoms with E-state index in [2.05, 4.69) is 10.3 Å². The molecule has 0 fully saturated rings. The van der Waals surface area contributed by atoms with Crippen LogP contribution in [0.15, 0.2) is 29.0 Å². The van der Waals surface area contributed by atoms with E-state index in [1.54, 1.807) is 18.2 Å². The minimum absolute atomic E-state index is 0.0667. The van der Waals surface area contributed by atoms with Crippen LogP contribution in [0.1, 0.15) is 6.42 Å². The highest BCUT2D eigenvalue weighted by Gasteiger charge is 2.03. The molecule has 6 nitrogen and oxygen atoms in total. The largest absolute Gasteiger partial charge is 0.493 e. The number of rotatable bonds is 6. The zero-order chi connectivity index (χ0) is 12.8.